The van der Waals surface area contributed by atoms with Crippen LogP contribution in [0, 0.1) is 0 Å². The van der Waals surface area contributed by atoms with E-state index in [-0.39, 0.29) is 31.1 Å². The standard InChI is InChI=1S/C55H98O6/c1-4-7-10-13-16-19-22-25-27-30-33-36-39-42-45-48-54(57)60-51-52(50-59-53(56)47-44-41-38-35-32-29-24-21-18-15-12-9-6-3)61-55(58)49-46-43-40-37-34-31-28-26-23-20-17-14-11-8-5-2/h7,10,16,19,21,24-25,27,52H,4-6,8-9,11-15,17-18,20,22-23,26,28-51H2,1-3H3/b10-7-,19-16-,24-21-,27-25-. The molecule has 0 fully saturated rings. The second kappa shape index (κ2) is 50.0. The molecule has 0 saturated heterocycles. The fraction of sp³-hybridized carbons (Fsp3) is 0.800. The molecule has 0 aromatic rings. The van der Waals surface area contributed by atoms with Crippen LogP contribution in [0.15, 0.2) is 48.6 Å². The molecule has 1 atom stereocenters. The Labute approximate surface area is 378 Å². The molecule has 0 aliphatic carbocycles. The first-order valence-corrected chi connectivity index (χ1v) is 26.1. The van der Waals surface area contributed by atoms with Gasteiger partial charge in [-0.3, -0.25) is 14.4 Å². The summed E-state index contributed by atoms with van der Waals surface area (Å²) in [4.78, 5) is 38.0. The second-order valence-electron chi connectivity index (χ2n) is 17.4. The molecule has 1 unspecified atom stereocenters. The molecule has 0 saturated carbocycles. The van der Waals surface area contributed by atoms with Gasteiger partial charge in [-0.1, -0.05) is 217 Å². The van der Waals surface area contributed by atoms with Gasteiger partial charge in [0.2, 0.25) is 0 Å². The molecule has 0 bridgehead atoms. The van der Waals surface area contributed by atoms with Crippen molar-refractivity contribution in [2.75, 3.05) is 13.2 Å². The summed E-state index contributed by atoms with van der Waals surface area (Å²) >= 11 is 0. The fourth-order valence-electron chi connectivity index (χ4n) is 7.39. The third-order valence-electron chi connectivity index (χ3n) is 11.3. The number of unbranched alkanes of at least 4 members (excludes halogenated alkanes) is 28. The molecule has 0 aromatic heterocycles. The molecular formula is C55H98O6. The average molecular weight is 855 g/mol. The van der Waals surface area contributed by atoms with Crippen LogP contribution < -0.4 is 0 Å². The topological polar surface area (TPSA) is 78.9 Å². The van der Waals surface area contributed by atoms with Crippen molar-refractivity contribution in [1.82, 2.24) is 0 Å². The highest BCUT2D eigenvalue weighted by molar-refractivity contribution is 5.71. The Morgan fingerprint density at radius 3 is 1.03 bits per heavy atom. The van der Waals surface area contributed by atoms with Crippen LogP contribution in [0.1, 0.15) is 265 Å². The lowest BCUT2D eigenvalue weighted by atomic mass is 10.0. The minimum Gasteiger partial charge on any atom is -0.462 e. The van der Waals surface area contributed by atoms with Gasteiger partial charge in [0.1, 0.15) is 13.2 Å². The van der Waals surface area contributed by atoms with Crippen LogP contribution in [0.2, 0.25) is 0 Å². The SMILES string of the molecule is CC/C=C\C/C=C\C/C=C\CCCCCCCC(=O)OCC(COC(=O)CCCCCCC/C=C\CCCCCC)OC(=O)CCCCCCCCCCCCCCCCC. The highest BCUT2D eigenvalue weighted by atomic mass is 16.6. The summed E-state index contributed by atoms with van der Waals surface area (Å²) in [5.74, 6) is -0.897. The maximum Gasteiger partial charge on any atom is 0.306 e. The zero-order chi connectivity index (χ0) is 44.4. The molecule has 0 spiro atoms. The number of rotatable bonds is 47. The normalized spacial score (nSPS) is 12.4. The van der Waals surface area contributed by atoms with Crippen LogP contribution in [-0.4, -0.2) is 37.2 Å². The van der Waals surface area contributed by atoms with Crippen LogP contribution in [0.25, 0.3) is 0 Å². The first-order chi connectivity index (χ1) is 30.0. The maximum atomic E-state index is 12.8. The largest absolute Gasteiger partial charge is 0.462 e. The zero-order valence-corrected chi connectivity index (χ0v) is 40.4. The van der Waals surface area contributed by atoms with E-state index in [1.807, 2.05) is 0 Å². The molecule has 0 aliphatic rings. The van der Waals surface area contributed by atoms with Crippen molar-refractivity contribution in [1.29, 1.82) is 0 Å². The summed E-state index contributed by atoms with van der Waals surface area (Å²) in [6.07, 6.45) is 59.5. The molecule has 0 aliphatic heterocycles. The highest BCUT2D eigenvalue weighted by Crippen LogP contribution is 2.15. The van der Waals surface area contributed by atoms with Gasteiger partial charge in [-0.05, 0) is 77.0 Å². The molecule has 61 heavy (non-hydrogen) atoms. The Morgan fingerprint density at radius 2 is 0.639 bits per heavy atom. The van der Waals surface area contributed by atoms with E-state index in [9.17, 15) is 14.4 Å². The van der Waals surface area contributed by atoms with E-state index in [2.05, 4.69) is 69.4 Å². The molecule has 6 nitrogen and oxygen atoms in total. The van der Waals surface area contributed by atoms with Crippen LogP contribution in [0.4, 0.5) is 0 Å². The van der Waals surface area contributed by atoms with E-state index in [4.69, 9.17) is 14.2 Å². The third-order valence-corrected chi connectivity index (χ3v) is 11.3. The van der Waals surface area contributed by atoms with Crippen molar-refractivity contribution in [3.63, 3.8) is 0 Å². The number of carbonyl (C=O) groups is 3. The third kappa shape index (κ3) is 48.3. The van der Waals surface area contributed by atoms with Gasteiger partial charge in [0, 0.05) is 19.3 Å². The minimum absolute atomic E-state index is 0.0808. The van der Waals surface area contributed by atoms with Crippen molar-refractivity contribution in [3.05, 3.63) is 48.6 Å². The van der Waals surface area contributed by atoms with Crippen LogP contribution in [0.5, 0.6) is 0 Å². The maximum absolute atomic E-state index is 12.8. The van der Waals surface area contributed by atoms with Crippen molar-refractivity contribution in [2.45, 2.75) is 271 Å². The van der Waals surface area contributed by atoms with E-state index in [0.29, 0.717) is 19.3 Å². The van der Waals surface area contributed by atoms with Gasteiger partial charge in [0.05, 0.1) is 0 Å². The molecular weight excluding hydrogens is 757 g/mol. The molecule has 0 aromatic carbocycles. The first-order valence-electron chi connectivity index (χ1n) is 26.1. The van der Waals surface area contributed by atoms with Gasteiger partial charge < -0.3 is 14.2 Å². The average Bonchev–Trinajstić information content (AvgIpc) is 3.26. The van der Waals surface area contributed by atoms with E-state index >= 15 is 0 Å². The number of hydrogen-bond donors (Lipinski definition) is 0. The molecule has 354 valence electrons. The summed E-state index contributed by atoms with van der Waals surface area (Å²) in [6.45, 7) is 6.51. The van der Waals surface area contributed by atoms with Gasteiger partial charge in [-0.25, -0.2) is 0 Å². The lowest BCUT2D eigenvalue weighted by Gasteiger charge is -2.18. The minimum atomic E-state index is -0.780. The Hall–Kier alpha value is -2.63. The van der Waals surface area contributed by atoms with Gasteiger partial charge in [0.25, 0.3) is 0 Å². The number of carbonyl (C=O) groups excluding carboxylic acids is 3. The van der Waals surface area contributed by atoms with Crippen molar-refractivity contribution in [3.8, 4) is 0 Å². The van der Waals surface area contributed by atoms with E-state index in [1.54, 1.807) is 0 Å². The Kier molecular flexibility index (Phi) is 47.9. The quantitative estimate of drug-likeness (QED) is 0.0263. The molecule has 0 N–H and O–H groups in total. The van der Waals surface area contributed by atoms with Crippen molar-refractivity contribution in [2.24, 2.45) is 0 Å². The van der Waals surface area contributed by atoms with Crippen LogP contribution >= 0.6 is 0 Å². The summed E-state index contributed by atoms with van der Waals surface area (Å²) in [5.41, 5.74) is 0. The summed E-state index contributed by atoms with van der Waals surface area (Å²) < 4.78 is 16.8. The zero-order valence-electron chi connectivity index (χ0n) is 40.4. The lowest BCUT2D eigenvalue weighted by molar-refractivity contribution is -0.167. The van der Waals surface area contributed by atoms with Gasteiger partial charge in [-0.2, -0.15) is 0 Å². The summed E-state index contributed by atoms with van der Waals surface area (Å²) in [5, 5.41) is 0. The number of allylic oxidation sites excluding steroid dienone is 8. The molecule has 0 amide bonds. The molecule has 0 rings (SSSR count). The fourth-order valence-corrected chi connectivity index (χ4v) is 7.39. The first kappa shape index (κ1) is 58.4. The van der Waals surface area contributed by atoms with E-state index in [0.717, 1.165) is 103 Å². The predicted molar refractivity (Wildman–Crippen MR) is 261 cm³/mol. The lowest BCUT2D eigenvalue weighted by Crippen LogP contribution is -2.30. The van der Waals surface area contributed by atoms with Crippen LogP contribution in [0.3, 0.4) is 0 Å². The van der Waals surface area contributed by atoms with Gasteiger partial charge in [0.15, 0.2) is 6.10 Å². The Balaban J connectivity index is 4.39. The number of ether oxygens (including phenoxy) is 3. The van der Waals surface area contributed by atoms with Crippen LogP contribution in [-0.2, 0) is 28.6 Å². The molecule has 6 heteroatoms. The summed E-state index contributed by atoms with van der Waals surface area (Å²) in [7, 11) is 0. The van der Waals surface area contributed by atoms with Crippen molar-refractivity contribution >= 4 is 17.9 Å². The van der Waals surface area contributed by atoms with Gasteiger partial charge >= 0.3 is 17.9 Å². The summed E-state index contributed by atoms with van der Waals surface area (Å²) in [6, 6.07) is 0. The Morgan fingerprint density at radius 1 is 0.344 bits per heavy atom. The van der Waals surface area contributed by atoms with E-state index in [1.165, 1.54) is 122 Å². The smallest absolute Gasteiger partial charge is 0.306 e. The van der Waals surface area contributed by atoms with E-state index < -0.39 is 6.10 Å². The highest BCUT2D eigenvalue weighted by Gasteiger charge is 2.19. The Bertz CT molecular complexity index is 1070. The molecule has 0 heterocycles. The van der Waals surface area contributed by atoms with Gasteiger partial charge in [-0.15, -0.1) is 0 Å². The van der Waals surface area contributed by atoms with Crippen molar-refractivity contribution < 1.29 is 28.6 Å². The number of hydrogen-bond acceptors (Lipinski definition) is 6. The predicted octanol–water partition coefficient (Wildman–Crippen LogP) is 17.1. The monoisotopic (exact) mass is 855 g/mol. The number of esters is 3. The molecule has 0 radical (unpaired) electrons. The second-order valence-corrected chi connectivity index (χ2v) is 17.4.